The van der Waals surface area contributed by atoms with Gasteiger partial charge in [0.1, 0.15) is 0 Å². The smallest absolute Gasteiger partial charge is 0.261 e. The minimum Gasteiger partial charge on any atom is -0.353 e. The molecule has 1 atom stereocenters. The molecule has 2 aromatic carbocycles. The predicted molar refractivity (Wildman–Crippen MR) is 137 cm³/mol. The summed E-state index contributed by atoms with van der Waals surface area (Å²) < 4.78 is 28.1. The van der Waals surface area contributed by atoms with Crippen molar-refractivity contribution in [3.8, 4) is 0 Å². The van der Waals surface area contributed by atoms with E-state index in [2.05, 4.69) is 17.0 Å². The first-order valence-corrected chi connectivity index (χ1v) is 14.2. The maximum absolute atomic E-state index is 13.1. The molecule has 1 saturated heterocycles. The molecule has 1 aliphatic carbocycles. The van der Waals surface area contributed by atoms with Crippen molar-refractivity contribution in [1.82, 2.24) is 10.2 Å². The van der Waals surface area contributed by atoms with E-state index in [9.17, 15) is 18.0 Å². The number of rotatable bonds is 8. The van der Waals surface area contributed by atoms with Crippen molar-refractivity contribution in [2.75, 3.05) is 17.8 Å². The molecule has 7 nitrogen and oxygen atoms in total. The molecule has 1 heterocycles. The van der Waals surface area contributed by atoms with Crippen LogP contribution in [0.4, 0.5) is 5.69 Å². The highest BCUT2D eigenvalue weighted by Crippen LogP contribution is 2.23. The first kappa shape index (κ1) is 25.2. The summed E-state index contributed by atoms with van der Waals surface area (Å²) in [6.07, 6.45) is 7.91. The fourth-order valence-corrected chi connectivity index (χ4v) is 6.02. The van der Waals surface area contributed by atoms with Gasteiger partial charge >= 0.3 is 0 Å². The molecule has 1 saturated carbocycles. The van der Waals surface area contributed by atoms with E-state index in [-0.39, 0.29) is 28.7 Å². The Kier molecular flexibility index (Phi) is 8.11. The summed E-state index contributed by atoms with van der Waals surface area (Å²) in [7, 11) is -3.72. The number of carbonyl (C=O) groups excluding carboxylic acids is 2. The largest absolute Gasteiger partial charge is 0.353 e. The molecule has 0 aromatic heterocycles. The Morgan fingerprint density at radius 1 is 0.943 bits per heavy atom. The minimum absolute atomic E-state index is 0.0573. The molecule has 0 radical (unpaired) electrons. The van der Waals surface area contributed by atoms with Gasteiger partial charge in [0, 0.05) is 30.4 Å². The van der Waals surface area contributed by atoms with Gasteiger partial charge in [0.2, 0.25) is 5.91 Å². The summed E-state index contributed by atoms with van der Waals surface area (Å²) in [6, 6.07) is 13.6. The van der Waals surface area contributed by atoms with Crippen molar-refractivity contribution in [3.05, 3.63) is 59.7 Å². The highest BCUT2D eigenvalue weighted by atomic mass is 32.2. The monoisotopic (exact) mass is 497 g/mol. The summed E-state index contributed by atoms with van der Waals surface area (Å²) in [6.45, 7) is 3.12. The zero-order valence-electron chi connectivity index (χ0n) is 20.3. The lowest BCUT2D eigenvalue weighted by molar-refractivity contribution is -0.127. The van der Waals surface area contributed by atoms with Crippen molar-refractivity contribution >= 4 is 27.5 Å². The zero-order chi connectivity index (χ0) is 24.8. The fraction of sp³-hybridized carbons (Fsp3) is 0.481. The number of hydrogen-bond acceptors (Lipinski definition) is 4. The number of piperidine rings is 1. The highest BCUT2D eigenvalue weighted by molar-refractivity contribution is 7.92. The Morgan fingerprint density at radius 2 is 1.63 bits per heavy atom. The van der Waals surface area contributed by atoms with Crippen molar-refractivity contribution in [3.63, 3.8) is 0 Å². The Labute approximate surface area is 208 Å². The van der Waals surface area contributed by atoms with Crippen molar-refractivity contribution in [2.24, 2.45) is 5.92 Å². The first-order chi connectivity index (χ1) is 16.9. The van der Waals surface area contributed by atoms with Crippen LogP contribution >= 0.6 is 0 Å². The van der Waals surface area contributed by atoms with Crippen LogP contribution in [0.15, 0.2) is 53.4 Å². The normalized spacial score (nSPS) is 18.9. The second-order valence-electron chi connectivity index (χ2n) is 9.66. The maximum atomic E-state index is 13.1. The van der Waals surface area contributed by atoms with E-state index in [0.29, 0.717) is 24.3 Å². The average molecular weight is 498 g/mol. The Balaban J connectivity index is 1.36. The van der Waals surface area contributed by atoms with E-state index in [1.54, 1.807) is 41.3 Å². The van der Waals surface area contributed by atoms with Crippen molar-refractivity contribution in [1.29, 1.82) is 0 Å². The molecule has 2 aromatic rings. The van der Waals surface area contributed by atoms with Crippen LogP contribution in [-0.4, -0.2) is 44.3 Å². The molecular formula is C27H35N3O4S. The molecule has 1 aliphatic heterocycles. The number of carbonyl (C=O) groups is 2. The number of benzene rings is 2. The van der Waals surface area contributed by atoms with Gasteiger partial charge in [-0.15, -0.1) is 0 Å². The van der Waals surface area contributed by atoms with E-state index >= 15 is 0 Å². The number of likely N-dealkylation sites (tertiary alicyclic amines) is 1. The lowest BCUT2D eigenvalue weighted by Crippen LogP contribution is -2.47. The molecule has 0 spiro atoms. The third-order valence-corrected chi connectivity index (χ3v) is 8.33. The molecule has 2 fully saturated rings. The lowest BCUT2D eigenvalue weighted by atomic mass is 9.96. The standard InChI is InChI=1S/C27H35N3O4S/c1-2-6-20-10-16-25(17-11-20)35(33,34)29-24-14-12-21(13-15-24)27(32)30-18-5-7-22(19-30)26(31)28-23-8-3-4-9-23/h10-17,22-23,29H,2-9,18-19H2,1H3,(H,28,31)/t22-/m1/s1. The maximum Gasteiger partial charge on any atom is 0.261 e. The van der Waals surface area contributed by atoms with Crippen LogP contribution in [0, 0.1) is 5.92 Å². The van der Waals surface area contributed by atoms with E-state index in [1.807, 2.05) is 12.1 Å². The quantitative estimate of drug-likeness (QED) is 0.567. The Morgan fingerprint density at radius 3 is 2.29 bits per heavy atom. The van der Waals surface area contributed by atoms with Crippen molar-refractivity contribution < 1.29 is 18.0 Å². The number of nitrogens with one attached hydrogen (secondary N) is 2. The number of anilines is 1. The Bertz CT molecular complexity index is 1120. The van der Waals surface area contributed by atoms with Gasteiger partial charge in [-0.3, -0.25) is 14.3 Å². The molecule has 2 N–H and O–H groups in total. The number of nitrogens with zero attached hydrogens (tertiary/aromatic N) is 1. The third kappa shape index (κ3) is 6.42. The summed E-state index contributed by atoms with van der Waals surface area (Å²) in [5.41, 5.74) is 1.98. The molecule has 0 bridgehead atoms. The van der Waals surface area contributed by atoms with Gasteiger partial charge in [-0.05, 0) is 74.1 Å². The molecule has 4 rings (SSSR count). The predicted octanol–water partition coefficient (Wildman–Crippen LogP) is 4.35. The van der Waals surface area contributed by atoms with E-state index in [4.69, 9.17) is 0 Å². The minimum atomic E-state index is -3.72. The average Bonchev–Trinajstić information content (AvgIpc) is 3.37. The molecule has 0 unspecified atom stereocenters. The van der Waals surface area contributed by atoms with Gasteiger partial charge in [0.15, 0.2) is 0 Å². The van der Waals surface area contributed by atoms with Crippen LogP contribution in [0.3, 0.4) is 0 Å². The number of sulfonamides is 1. The van der Waals surface area contributed by atoms with Crippen LogP contribution in [0.2, 0.25) is 0 Å². The van der Waals surface area contributed by atoms with Gasteiger partial charge < -0.3 is 10.2 Å². The summed E-state index contributed by atoms with van der Waals surface area (Å²) in [5, 5.41) is 3.16. The third-order valence-electron chi connectivity index (χ3n) is 6.94. The molecule has 2 amide bonds. The second kappa shape index (κ2) is 11.2. The van der Waals surface area contributed by atoms with Crippen LogP contribution in [0.25, 0.3) is 0 Å². The van der Waals surface area contributed by atoms with Gasteiger partial charge in [0.25, 0.3) is 15.9 Å². The first-order valence-electron chi connectivity index (χ1n) is 12.7. The van der Waals surface area contributed by atoms with Gasteiger partial charge in [0.05, 0.1) is 10.8 Å². The van der Waals surface area contributed by atoms with Crippen molar-refractivity contribution in [2.45, 2.75) is 69.2 Å². The summed E-state index contributed by atoms with van der Waals surface area (Å²) in [5.74, 6) is -0.255. The molecular weight excluding hydrogens is 462 g/mol. The summed E-state index contributed by atoms with van der Waals surface area (Å²) >= 11 is 0. The molecule has 8 heteroatoms. The SMILES string of the molecule is CCCc1ccc(S(=O)(=O)Nc2ccc(C(=O)N3CCC[C@@H](C(=O)NC4CCCC4)C3)cc2)cc1. The van der Waals surface area contributed by atoms with Gasteiger partial charge in [-0.25, -0.2) is 8.42 Å². The topological polar surface area (TPSA) is 95.6 Å². The van der Waals surface area contributed by atoms with Gasteiger partial charge in [-0.2, -0.15) is 0 Å². The number of hydrogen-bond donors (Lipinski definition) is 2. The summed E-state index contributed by atoms with van der Waals surface area (Å²) in [4.78, 5) is 27.7. The highest BCUT2D eigenvalue weighted by Gasteiger charge is 2.30. The van der Waals surface area contributed by atoms with Gasteiger partial charge in [-0.1, -0.05) is 38.3 Å². The van der Waals surface area contributed by atoms with E-state index in [0.717, 1.165) is 56.9 Å². The number of aryl methyl sites for hydroxylation is 1. The molecule has 188 valence electrons. The van der Waals surface area contributed by atoms with Crippen LogP contribution < -0.4 is 10.0 Å². The lowest BCUT2D eigenvalue weighted by Gasteiger charge is -2.32. The van der Waals surface area contributed by atoms with Crippen LogP contribution in [0.1, 0.15) is 67.8 Å². The van der Waals surface area contributed by atoms with Crippen LogP contribution in [0.5, 0.6) is 0 Å². The van der Waals surface area contributed by atoms with E-state index < -0.39 is 10.0 Å². The Hall–Kier alpha value is -2.87. The zero-order valence-corrected chi connectivity index (χ0v) is 21.1. The van der Waals surface area contributed by atoms with Crippen LogP contribution in [-0.2, 0) is 21.2 Å². The molecule has 2 aliphatic rings. The molecule has 35 heavy (non-hydrogen) atoms. The second-order valence-corrected chi connectivity index (χ2v) is 11.3. The van der Waals surface area contributed by atoms with E-state index in [1.165, 1.54) is 0 Å². The fourth-order valence-electron chi connectivity index (χ4n) is 4.97. The number of amides is 2.